The van der Waals surface area contributed by atoms with Crippen LogP contribution in [0.15, 0.2) is 23.1 Å². The lowest BCUT2D eigenvalue weighted by molar-refractivity contribution is -0.174. The van der Waals surface area contributed by atoms with Gasteiger partial charge in [0.1, 0.15) is 6.61 Å². The molecule has 0 radical (unpaired) electrons. The van der Waals surface area contributed by atoms with Gasteiger partial charge in [0.05, 0.1) is 5.60 Å². The highest BCUT2D eigenvalue weighted by atomic mass is 16.5. The van der Waals surface area contributed by atoms with E-state index in [4.69, 9.17) is 4.74 Å². The molecule has 6 heteroatoms. The van der Waals surface area contributed by atoms with Gasteiger partial charge >= 0.3 is 0 Å². The SMILES string of the molecule is CN1CC2(CC3CCC(C2)N3Cc2ccn(C)c(=O)c2)OCC1=O. The fourth-order valence-corrected chi connectivity index (χ4v) is 4.69. The van der Waals surface area contributed by atoms with Gasteiger partial charge in [0.15, 0.2) is 0 Å². The summed E-state index contributed by atoms with van der Waals surface area (Å²) < 4.78 is 7.64. The number of likely N-dealkylation sites (N-methyl/N-ethyl adjacent to an activating group) is 1. The molecule has 2 unspecified atom stereocenters. The molecule has 2 bridgehead atoms. The van der Waals surface area contributed by atoms with Crippen LogP contribution in [0.25, 0.3) is 0 Å². The molecular weight excluding hydrogens is 306 g/mol. The number of carbonyl (C=O) groups is 1. The molecule has 4 heterocycles. The number of amides is 1. The molecule has 2 atom stereocenters. The molecule has 0 aromatic carbocycles. The van der Waals surface area contributed by atoms with Crippen LogP contribution in [0.3, 0.4) is 0 Å². The van der Waals surface area contributed by atoms with E-state index in [0.29, 0.717) is 18.6 Å². The molecule has 4 rings (SSSR count). The van der Waals surface area contributed by atoms with E-state index in [1.54, 1.807) is 17.7 Å². The smallest absolute Gasteiger partial charge is 0.250 e. The Morgan fingerprint density at radius 1 is 1.21 bits per heavy atom. The molecule has 0 aliphatic carbocycles. The molecule has 24 heavy (non-hydrogen) atoms. The van der Waals surface area contributed by atoms with Crippen LogP contribution in [0.4, 0.5) is 0 Å². The zero-order valence-electron chi connectivity index (χ0n) is 14.4. The Morgan fingerprint density at radius 2 is 1.92 bits per heavy atom. The van der Waals surface area contributed by atoms with Crippen molar-refractivity contribution in [3.8, 4) is 0 Å². The van der Waals surface area contributed by atoms with Crippen LogP contribution in [-0.4, -0.2) is 58.2 Å². The highest BCUT2D eigenvalue weighted by Crippen LogP contribution is 2.44. The summed E-state index contributed by atoms with van der Waals surface area (Å²) in [5, 5.41) is 0. The number of piperidine rings is 1. The number of hydrogen-bond donors (Lipinski definition) is 0. The van der Waals surface area contributed by atoms with Gasteiger partial charge in [-0.05, 0) is 37.3 Å². The lowest BCUT2D eigenvalue weighted by Gasteiger charge is -2.49. The first kappa shape index (κ1) is 15.8. The van der Waals surface area contributed by atoms with Crippen LogP contribution in [0.5, 0.6) is 0 Å². The summed E-state index contributed by atoms with van der Waals surface area (Å²) in [5.74, 6) is 0.0792. The third kappa shape index (κ3) is 2.67. The van der Waals surface area contributed by atoms with Crippen molar-refractivity contribution in [2.75, 3.05) is 20.2 Å². The minimum Gasteiger partial charge on any atom is -0.363 e. The highest BCUT2D eigenvalue weighted by Gasteiger charge is 2.51. The first-order chi connectivity index (χ1) is 11.5. The third-order valence-corrected chi connectivity index (χ3v) is 5.97. The summed E-state index contributed by atoms with van der Waals surface area (Å²) in [5.41, 5.74) is 0.963. The van der Waals surface area contributed by atoms with Crippen molar-refractivity contribution in [2.24, 2.45) is 7.05 Å². The molecule has 1 aromatic heterocycles. The first-order valence-electron chi connectivity index (χ1n) is 8.75. The summed E-state index contributed by atoms with van der Waals surface area (Å²) in [6.07, 6.45) is 6.16. The van der Waals surface area contributed by atoms with Gasteiger partial charge in [-0.2, -0.15) is 0 Å². The van der Waals surface area contributed by atoms with Gasteiger partial charge in [0, 0.05) is 51.5 Å². The van der Waals surface area contributed by atoms with Gasteiger partial charge in [-0.3, -0.25) is 14.5 Å². The van der Waals surface area contributed by atoms with Gasteiger partial charge in [-0.1, -0.05) is 0 Å². The number of ether oxygens (including phenoxy) is 1. The number of morpholine rings is 1. The molecule has 1 amide bonds. The number of carbonyl (C=O) groups excluding carboxylic acids is 1. The molecule has 130 valence electrons. The standard InChI is InChI=1S/C18H25N3O3/c1-19-6-5-13(7-16(19)22)10-21-14-3-4-15(21)9-18(8-14)12-20(2)17(23)11-24-18/h5-7,14-15H,3-4,8-12H2,1-2H3. The third-order valence-electron chi connectivity index (χ3n) is 5.97. The zero-order valence-corrected chi connectivity index (χ0v) is 14.4. The molecule has 3 saturated heterocycles. The number of fused-ring (bicyclic) bond motifs is 2. The normalized spacial score (nSPS) is 33.4. The van der Waals surface area contributed by atoms with Crippen molar-refractivity contribution < 1.29 is 9.53 Å². The van der Waals surface area contributed by atoms with Crippen molar-refractivity contribution in [1.29, 1.82) is 0 Å². The van der Waals surface area contributed by atoms with Gasteiger partial charge in [-0.15, -0.1) is 0 Å². The maximum Gasteiger partial charge on any atom is 0.250 e. The van der Waals surface area contributed by atoms with E-state index < -0.39 is 0 Å². The topological polar surface area (TPSA) is 54.8 Å². The minimum atomic E-state index is -0.169. The molecule has 1 spiro atoms. The van der Waals surface area contributed by atoms with Crippen LogP contribution >= 0.6 is 0 Å². The number of aryl methyl sites for hydroxylation is 1. The van der Waals surface area contributed by atoms with Crippen LogP contribution in [0.2, 0.25) is 0 Å². The monoisotopic (exact) mass is 331 g/mol. The number of pyridine rings is 1. The first-order valence-corrected chi connectivity index (χ1v) is 8.75. The Hall–Kier alpha value is -1.66. The second-order valence-corrected chi connectivity index (χ2v) is 7.67. The molecule has 3 fully saturated rings. The van der Waals surface area contributed by atoms with E-state index in [1.807, 2.05) is 24.2 Å². The van der Waals surface area contributed by atoms with Crippen LogP contribution in [0.1, 0.15) is 31.2 Å². The molecule has 1 aromatic rings. The van der Waals surface area contributed by atoms with Gasteiger partial charge in [-0.25, -0.2) is 0 Å². The molecular formula is C18H25N3O3. The summed E-state index contributed by atoms with van der Waals surface area (Å²) in [4.78, 5) is 27.9. The lowest BCUT2D eigenvalue weighted by Crippen LogP contribution is -2.60. The van der Waals surface area contributed by atoms with E-state index in [-0.39, 0.29) is 23.7 Å². The van der Waals surface area contributed by atoms with Crippen molar-refractivity contribution in [1.82, 2.24) is 14.4 Å². The quantitative estimate of drug-likeness (QED) is 0.802. The molecule has 3 aliphatic heterocycles. The lowest BCUT2D eigenvalue weighted by atomic mass is 9.84. The largest absolute Gasteiger partial charge is 0.363 e. The van der Waals surface area contributed by atoms with Gasteiger partial charge in [0.25, 0.3) is 5.56 Å². The van der Waals surface area contributed by atoms with E-state index in [9.17, 15) is 9.59 Å². The summed E-state index contributed by atoms with van der Waals surface area (Å²) in [6.45, 7) is 1.75. The average Bonchev–Trinajstić information content (AvgIpc) is 2.79. The molecule has 0 saturated carbocycles. The molecule has 0 N–H and O–H groups in total. The van der Waals surface area contributed by atoms with E-state index in [0.717, 1.165) is 24.9 Å². The number of rotatable bonds is 2. The Balaban J connectivity index is 1.50. The van der Waals surface area contributed by atoms with Crippen molar-refractivity contribution in [3.05, 3.63) is 34.2 Å². The van der Waals surface area contributed by atoms with Crippen molar-refractivity contribution in [2.45, 2.75) is 49.9 Å². The fourth-order valence-electron chi connectivity index (χ4n) is 4.69. The molecule has 3 aliphatic rings. The Bertz CT molecular complexity index is 700. The summed E-state index contributed by atoms with van der Waals surface area (Å²) >= 11 is 0. The predicted molar refractivity (Wildman–Crippen MR) is 89.6 cm³/mol. The highest BCUT2D eigenvalue weighted by molar-refractivity contribution is 5.78. The van der Waals surface area contributed by atoms with E-state index >= 15 is 0 Å². The summed E-state index contributed by atoms with van der Waals surface area (Å²) in [6, 6.07) is 4.74. The van der Waals surface area contributed by atoms with Crippen LogP contribution < -0.4 is 5.56 Å². The van der Waals surface area contributed by atoms with Gasteiger partial charge < -0.3 is 14.2 Å². The van der Waals surface area contributed by atoms with Gasteiger partial charge in [0.2, 0.25) is 5.91 Å². The second kappa shape index (κ2) is 5.70. The average molecular weight is 331 g/mol. The summed E-state index contributed by atoms with van der Waals surface area (Å²) in [7, 11) is 3.65. The van der Waals surface area contributed by atoms with Crippen LogP contribution in [-0.2, 0) is 23.1 Å². The number of hydrogen-bond acceptors (Lipinski definition) is 4. The predicted octanol–water partition coefficient (Wildman–Crippen LogP) is 0.739. The van der Waals surface area contributed by atoms with E-state index in [2.05, 4.69) is 4.90 Å². The second-order valence-electron chi connectivity index (χ2n) is 7.67. The zero-order chi connectivity index (χ0) is 16.9. The maximum atomic E-state index is 11.9. The van der Waals surface area contributed by atoms with E-state index in [1.165, 1.54) is 12.8 Å². The molecule has 6 nitrogen and oxygen atoms in total. The Kier molecular flexibility index (Phi) is 3.77. The number of aromatic nitrogens is 1. The van der Waals surface area contributed by atoms with Crippen molar-refractivity contribution in [3.63, 3.8) is 0 Å². The van der Waals surface area contributed by atoms with Crippen molar-refractivity contribution >= 4 is 5.91 Å². The Labute approximate surface area is 142 Å². The Morgan fingerprint density at radius 3 is 2.54 bits per heavy atom. The minimum absolute atomic E-state index is 0.0454. The number of nitrogens with zero attached hydrogens (tertiary/aromatic N) is 3. The van der Waals surface area contributed by atoms with Crippen LogP contribution in [0, 0.1) is 0 Å². The maximum absolute atomic E-state index is 11.9. The fraction of sp³-hybridized carbons (Fsp3) is 0.667.